The SMILES string of the molecule is COc1ccccc1S(=O)(=O)Oc1cc(C)cc(OCCC=O)c1. The Balaban J connectivity index is 2.27. The molecule has 0 spiro atoms. The smallest absolute Gasteiger partial charge is 0.342 e. The molecule has 6 nitrogen and oxygen atoms in total. The van der Waals surface area contributed by atoms with Gasteiger partial charge in [-0.25, -0.2) is 0 Å². The third kappa shape index (κ3) is 4.48. The lowest BCUT2D eigenvalue weighted by Gasteiger charge is -2.12. The van der Waals surface area contributed by atoms with Gasteiger partial charge in [0.15, 0.2) is 0 Å². The van der Waals surface area contributed by atoms with Gasteiger partial charge in [0.1, 0.15) is 28.4 Å². The minimum Gasteiger partial charge on any atom is -0.495 e. The molecule has 0 amide bonds. The van der Waals surface area contributed by atoms with E-state index in [0.29, 0.717) is 5.75 Å². The van der Waals surface area contributed by atoms with Gasteiger partial charge in [0.2, 0.25) is 0 Å². The third-order valence-electron chi connectivity index (χ3n) is 3.07. The van der Waals surface area contributed by atoms with E-state index in [1.807, 2.05) is 0 Å². The highest BCUT2D eigenvalue weighted by Gasteiger charge is 2.21. The summed E-state index contributed by atoms with van der Waals surface area (Å²) in [6.07, 6.45) is 1.00. The molecule has 7 heteroatoms. The first kappa shape index (κ1) is 17.8. The van der Waals surface area contributed by atoms with Crippen molar-refractivity contribution in [3.63, 3.8) is 0 Å². The summed E-state index contributed by atoms with van der Waals surface area (Å²) in [7, 11) is -2.66. The fourth-order valence-electron chi connectivity index (χ4n) is 2.07. The molecular formula is C17H18O6S. The van der Waals surface area contributed by atoms with Gasteiger partial charge in [-0.3, -0.25) is 0 Å². The minimum atomic E-state index is -4.05. The monoisotopic (exact) mass is 350 g/mol. The van der Waals surface area contributed by atoms with E-state index in [2.05, 4.69) is 0 Å². The van der Waals surface area contributed by atoms with E-state index in [1.165, 1.54) is 19.2 Å². The van der Waals surface area contributed by atoms with Gasteiger partial charge in [0.05, 0.1) is 13.7 Å². The second kappa shape index (κ2) is 7.83. The second-order valence-electron chi connectivity index (χ2n) is 4.97. The minimum absolute atomic E-state index is 0.0579. The maximum absolute atomic E-state index is 12.5. The summed E-state index contributed by atoms with van der Waals surface area (Å²) in [6, 6.07) is 11.0. The molecule has 0 aromatic heterocycles. The van der Waals surface area contributed by atoms with E-state index >= 15 is 0 Å². The quantitative estimate of drug-likeness (QED) is 0.414. The number of methoxy groups -OCH3 is 1. The first-order valence-corrected chi connectivity index (χ1v) is 8.63. The number of hydrogen-bond donors (Lipinski definition) is 0. The van der Waals surface area contributed by atoms with Crippen molar-refractivity contribution in [2.75, 3.05) is 13.7 Å². The standard InChI is InChI=1S/C17H18O6S/c1-13-10-14(22-9-5-8-18)12-15(11-13)23-24(19,20)17-7-4-3-6-16(17)21-2/h3-4,6-8,10-12H,5,9H2,1-2H3. The normalized spacial score (nSPS) is 10.9. The van der Waals surface area contributed by atoms with Crippen molar-refractivity contribution < 1.29 is 26.9 Å². The molecule has 0 radical (unpaired) electrons. The molecule has 0 aliphatic carbocycles. The second-order valence-corrected chi connectivity index (χ2v) is 6.49. The van der Waals surface area contributed by atoms with Crippen LogP contribution >= 0.6 is 0 Å². The van der Waals surface area contributed by atoms with Crippen LogP contribution in [0.1, 0.15) is 12.0 Å². The Hall–Kier alpha value is -2.54. The van der Waals surface area contributed by atoms with Crippen LogP contribution in [0.15, 0.2) is 47.4 Å². The highest BCUT2D eigenvalue weighted by molar-refractivity contribution is 7.87. The summed E-state index contributed by atoms with van der Waals surface area (Å²) >= 11 is 0. The molecule has 0 saturated heterocycles. The fraction of sp³-hybridized carbons (Fsp3) is 0.235. The molecular weight excluding hydrogens is 332 g/mol. The number of hydrogen-bond acceptors (Lipinski definition) is 6. The average molecular weight is 350 g/mol. The Labute approximate surface area is 141 Å². The van der Waals surface area contributed by atoms with Gasteiger partial charge in [-0.05, 0) is 36.8 Å². The summed E-state index contributed by atoms with van der Waals surface area (Å²) in [6.45, 7) is 2.00. The van der Waals surface area contributed by atoms with Gasteiger partial charge >= 0.3 is 10.1 Å². The number of aryl methyl sites for hydroxylation is 1. The lowest BCUT2D eigenvalue weighted by molar-refractivity contribution is -0.108. The van der Waals surface area contributed by atoms with E-state index in [4.69, 9.17) is 13.7 Å². The zero-order valence-electron chi connectivity index (χ0n) is 13.4. The zero-order chi connectivity index (χ0) is 17.6. The van der Waals surface area contributed by atoms with E-state index in [0.717, 1.165) is 11.8 Å². The molecule has 2 aromatic carbocycles. The molecule has 0 fully saturated rings. The van der Waals surface area contributed by atoms with Crippen molar-refractivity contribution in [2.24, 2.45) is 0 Å². The molecule has 0 saturated carbocycles. The Morgan fingerprint density at radius 3 is 2.50 bits per heavy atom. The van der Waals surface area contributed by atoms with Gasteiger partial charge in [0, 0.05) is 12.5 Å². The van der Waals surface area contributed by atoms with E-state index < -0.39 is 10.1 Å². The van der Waals surface area contributed by atoms with Crippen LogP contribution in [0.5, 0.6) is 17.2 Å². The molecule has 0 aliphatic heterocycles. The van der Waals surface area contributed by atoms with E-state index in [-0.39, 0.29) is 29.4 Å². The number of benzene rings is 2. The number of carbonyl (C=O) groups excluding carboxylic acids is 1. The molecule has 24 heavy (non-hydrogen) atoms. The molecule has 0 bridgehead atoms. The van der Waals surface area contributed by atoms with Crippen LogP contribution in [0, 0.1) is 6.92 Å². The average Bonchev–Trinajstić information content (AvgIpc) is 2.54. The molecule has 0 aliphatic rings. The lowest BCUT2D eigenvalue weighted by atomic mass is 10.2. The summed E-state index contributed by atoms with van der Waals surface area (Å²) in [5.74, 6) is 0.761. The highest BCUT2D eigenvalue weighted by atomic mass is 32.2. The molecule has 2 aromatic rings. The van der Waals surface area contributed by atoms with Crippen molar-refractivity contribution in [1.82, 2.24) is 0 Å². The Morgan fingerprint density at radius 1 is 1.08 bits per heavy atom. The van der Waals surface area contributed by atoms with Crippen molar-refractivity contribution in [2.45, 2.75) is 18.2 Å². The van der Waals surface area contributed by atoms with Crippen LogP contribution in [-0.4, -0.2) is 28.4 Å². The Morgan fingerprint density at radius 2 is 1.79 bits per heavy atom. The molecule has 0 unspecified atom stereocenters. The van der Waals surface area contributed by atoms with Gasteiger partial charge in [-0.1, -0.05) is 12.1 Å². The van der Waals surface area contributed by atoms with Crippen molar-refractivity contribution in [1.29, 1.82) is 0 Å². The number of carbonyl (C=O) groups is 1. The van der Waals surface area contributed by atoms with Crippen LogP contribution in [0.2, 0.25) is 0 Å². The van der Waals surface area contributed by atoms with Crippen LogP contribution in [0.3, 0.4) is 0 Å². The fourth-order valence-corrected chi connectivity index (χ4v) is 3.15. The molecule has 2 rings (SSSR count). The van der Waals surface area contributed by atoms with Gasteiger partial charge in [0.25, 0.3) is 0 Å². The topological polar surface area (TPSA) is 78.9 Å². The van der Waals surface area contributed by atoms with Crippen LogP contribution in [-0.2, 0) is 14.9 Å². The lowest BCUT2D eigenvalue weighted by Crippen LogP contribution is -2.11. The predicted molar refractivity (Wildman–Crippen MR) is 88.2 cm³/mol. The zero-order valence-corrected chi connectivity index (χ0v) is 14.2. The predicted octanol–water partition coefficient (Wildman–Crippen LogP) is 2.74. The summed E-state index contributed by atoms with van der Waals surface area (Å²) < 4.78 is 40.6. The third-order valence-corrected chi connectivity index (χ3v) is 4.36. The molecule has 0 N–H and O–H groups in total. The van der Waals surface area contributed by atoms with Crippen LogP contribution in [0.25, 0.3) is 0 Å². The van der Waals surface area contributed by atoms with Gasteiger partial charge in [-0.15, -0.1) is 0 Å². The maximum Gasteiger partial charge on any atom is 0.342 e. The van der Waals surface area contributed by atoms with Crippen LogP contribution in [0.4, 0.5) is 0 Å². The maximum atomic E-state index is 12.5. The highest BCUT2D eigenvalue weighted by Crippen LogP contribution is 2.29. The largest absolute Gasteiger partial charge is 0.495 e. The number of aldehydes is 1. The van der Waals surface area contributed by atoms with Gasteiger partial charge in [-0.2, -0.15) is 8.42 Å². The van der Waals surface area contributed by atoms with E-state index in [1.54, 1.807) is 37.3 Å². The number of para-hydroxylation sites is 1. The molecule has 0 atom stereocenters. The first-order valence-electron chi connectivity index (χ1n) is 7.22. The van der Waals surface area contributed by atoms with E-state index in [9.17, 15) is 13.2 Å². The summed E-state index contributed by atoms with van der Waals surface area (Å²) in [5, 5.41) is 0. The van der Waals surface area contributed by atoms with Gasteiger partial charge < -0.3 is 18.5 Å². The molecule has 0 heterocycles. The van der Waals surface area contributed by atoms with Crippen LogP contribution < -0.4 is 13.7 Å². The number of ether oxygens (including phenoxy) is 2. The molecule has 128 valence electrons. The number of rotatable bonds is 8. The van der Waals surface area contributed by atoms with Crippen molar-refractivity contribution in [3.8, 4) is 17.2 Å². The summed E-state index contributed by atoms with van der Waals surface area (Å²) in [5.41, 5.74) is 0.767. The Bertz CT molecular complexity index is 814. The van der Waals surface area contributed by atoms with Crippen molar-refractivity contribution >= 4 is 16.4 Å². The van der Waals surface area contributed by atoms with Crippen molar-refractivity contribution in [3.05, 3.63) is 48.0 Å². The first-order chi connectivity index (χ1) is 11.5. The Kier molecular flexibility index (Phi) is 5.81. The summed E-state index contributed by atoms with van der Waals surface area (Å²) in [4.78, 5) is 10.3.